The minimum Gasteiger partial charge on any atom is -0.487 e. The molecule has 0 atom stereocenters. The molecule has 0 fully saturated rings. The van der Waals surface area contributed by atoms with Gasteiger partial charge in [-0.2, -0.15) is 8.78 Å². The van der Waals surface area contributed by atoms with Crippen LogP contribution >= 0.6 is 0 Å². The van der Waals surface area contributed by atoms with E-state index in [4.69, 9.17) is 0 Å². The van der Waals surface area contributed by atoms with Crippen LogP contribution in [-0.4, -0.2) is 34.8 Å². The summed E-state index contributed by atoms with van der Waals surface area (Å²) in [6.45, 7) is 0.472. The predicted molar refractivity (Wildman–Crippen MR) is 86.6 cm³/mol. The van der Waals surface area contributed by atoms with E-state index in [2.05, 4.69) is 20.0 Å². The van der Waals surface area contributed by atoms with E-state index in [-0.39, 0.29) is 18.1 Å². The third-order valence-electron chi connectivity index (χ3n) is 3.33. The van der Waals surface area contributed by atoms with Crippen molar-refractivity contribution in [3.05, 3.63) is 47.9 Å². The fourth-order valence-corrected chi connectivity index (χ4v) is 1.96. The summed E-state index contributed by atoms with van der Waals surface area (Å²) in [4.78, 5) is 20.2. The first-order valence-electron chi connectivity index (χ1n) is 7.79. The normalized spacial score (nSPS) is 11.5. The first kappa shape index (κ1) is 19.6. The van der Waals surface area contributed by atoms with Crippen LogP contribution in [0.5, 0.6) is 5.75 Å². The quantitative estimate of drug-likeness (QED) is 0.722. The molecule has 5 nitrogen and oxygen atoms in total. The number of carbonyl (C=O) groups excluding carboxylic acids is 1. The van der Waals surface area contributed by atoms with E-state index in [0.29, 0.717) is 23.6 Å². The molecule has 0 aliphatic rings. The zero-order valence-electron chi connectivity index (χ0n) is 13.9. The summed E-state index contributed by atoms with van der Waals surface area (Å²) in [5.74, 6) is -3.53. The second-order valence-corrected chi connectivity index (χ2v) is 5.43. The first-order valence-corrected chi connectivity index (χ1v) is 7.79. The van der Waals surface area contributed by atoms with Gasteiger partial charge < -0.3 is 10.1 Å². The molecule has 0 spiro atoms. The second kappa shape index (κ2) is 8.59. The Morgan fingerprint density at radius 1 is 1.23 bits per heavy atom. The van der Waals surface area contributed by atoms with Crippen LogP contribution in [0.25, 0.3) is 0 Å². The lowest BCUT2D eigenvalue weighted by Gasteiger charge is -2.16. The van der Waals surface area contributed by atoms with E-state index < -0.39 is 19.0 Å². The number of hydrogen-bond donors (Lipinski definition) is 1. The van der Waals surface area contributed by atoms with Crippen molar-refractivity contribution in [2.75, 3.05) is 11.9 Å². The van der Waals surface area contributed by atoms with Crippen LogP contribution in [0.3, 0.4) is 0 Å². The average Bonchev–Trinajstić information content (AvgIpc) is 2.61. The standard InChI is InChI=1S/C17H17F4N3O2/c1-2-13-22-8-7-14(23-13)24-15(25)9-11-3-5-12(6-4-11)26-10-17(20,21)16(18)19/h3-8,16H,2,9-10H2,1H3,(H,22,23,24,25). The number of amides is 1. The monoisotopic (exact) mass is 371 g/mol. The largest absolute Gasteiger partial charge is 0.487 e. The van der Waals surface area contributed by atoms with Crippen molar-refractivity contribution in [3.63, 3.8) is 0 Å². The number of halogens is 4. The number of anilines is 1. The molecule has 0 saturated carbocycles. The average molecular weight is 371 g/mol. The molecule has 0 unspecified atom stereocenters. The highest BCUT2D eigenvalue weighted by molar-refractivity contribution is 5.91. The number of rotatable bonds is 8. The maximum atomic E-state index is 12.8. The minimum atomic E-state index is -4.21. The molecule has 9 heteroatoms. The van der Waals surface area contributed by atoms with Crippen LogP contribution in [0.15, 0.2) is 36.5 Å². The van der Waals surface area contributed by atoms with E-state index in [0.717, 1.165) is 0 Å². The van der Waals surface area contributed by atoms with Crippen molar-refractivity contribution in [2.24, 2.45) is 0 Å². The molecule has 1 amide bonds. The number of hydrogen-bond acceptors (Lipinski definition) is 4. The molecule has 140 valence electrons. The van der Waals surface area contributed by atoms with Crippen LogP contribution in [0.2, 0.25) is 0 Å². The maximum absolute atomic E-state index is 12.8. The Kier molecular flexibility index (Phi) is 6.48. The molecule has 0 radical (unpaired) electrons. The van der Waals surface area contributed by atoms with Crippen molar-refractivity contribution >= 4 is 11.7 Å². The van der Waals surface area contributed by atoms with Gasteiger partial charge in [0.05, 0.1) is 6.42 Å². The lowest BCUT2D eigenvalue weighted by molar-refractivity contribution is -0.148. The van der Waals surface area contributed by atoms with Crippen molar-refractivity contribution in [3.8, 4) is 5.75 Å². The van der Waals surface area contributed by atoms with Gasteiger partial charge in [-0.05, 0) is 23.8 Å². The van der Waals surface area contributed by atoms with Crippen molar-refractivity contribution in [2.45, 2.75) is 32.1 Å². The molecule has 1 aromatic carbocycles. The summed E-state index contributed by atoms with van der Waals surface area (Å²) in [5.41, 5.74) is 0.597. The summed E-state index contributed by atoms with van der Waals surface area (Å²) in [5, 5.41) is 2.63. The molecule has 0 aliphatic heterocycles. The molecule has 1 aromatic heterocycles. The van der Waals surface area contributed by atoms with E-state index >= 15 is 0 Å². The fraction of sp³-hybridized carbons (Fsp3) is 0.353. The van der Waals surface area contributed by atoms with Gasteiger partial charge in [-0.3, -0.25) is 4.79 Å². The highest BCUT2D eigenvalue weighted by Crippen LogP contribution is 2.24. The van der Waals surface area contributed by atoms with Crippen LogP contribution in [0, 0.1) is 0 Å². The summed E-state index contributed by atoms with van der Waals surface area (Å²) < 4.78 is 54.4. The summed E-state index contributed by atoms with van der Waals surface area (Å²) in [6, 6.07) is 7.23. The van der Waals surface area contributed by atoms with Crippen molar-refractivity contribution in [1.29, 1.82) is 0 Å². The molecule has 2 aromatic rings. The van der Waals surface area contributed by atoms with Gasteiger partial charge in [0.1, 0.15) is 17.4 Å². The Morgan fingerprint density at radius 3 is 2.54 bits per heavy atom. The molecule has 26 heavy (non-hydrogen) atoms. The van der Waals surface area contributed by atoms with Gasteiger partial charge >= 0.3 is 12.3 Å². The van der Waals surface area contributed by atoms with Gasteiger partial charge in [0.2, 0.25) is 5.91 Å². The SMILES string of the molecule is CCc1nccc(NC(=O)Cc2ccc(OCC(F)(F)C(F)F)cc2)n1. The Morgan fingerprint density at radius 2 is 1.92 bits per heavy atom. The Bertz CT molecular complexity index is 739. The predicted octanol–water partition coefficient (Wildman–Crippen LogP) is 3.50. The fourth-order valence-electron chi connectivity index (χ4n) is 1.96. The number of aryl methyl sites for hydroxylation is 1. The number of carbonyl (C=O) groups is 1. The Hall–Kier alpha value is -2.71. The van der Waals surface area contributed by atoms with Gasteiger partial charge in [-0.25, -0.2) is 18.7 Å². The van der Waals surface area contributed by atoms with Crippen molar-refractivity contribution < 1.29 is 27.1 Å². The van der Waals surface area contributed by atoms with Gasteiger partial charge in [-0.15, -0.1) is 0 Å². The Labute approximate surface area is 147 Å². The van der Waals surface area contributed by atoms with E-state index in [1.807, 2.05) is 6.92 Å². The van der Waals surface area contributed by atoms with Crippen molar-refractivity contribution in [1.82, 2.24) is 9.97 Å². The van der Waals surface area contributed by atoms with E-state index in [1.54, 1.807) is 12.3 Å². The number of aromatic nitrogens is 2. The Balaban J connectivity index is 1.89. The first-order chi connectivity index (χ1) is 12.3. The van der Waals surface area contributed by atoms with Gasteiger partial charge in [0.25, 0.3) is 0 Å². The summed E-state index contributed by atoms with van der Waals surface area (Å²) in [7, 11) is 0. The summed E-state index contributed by atoms with van der Waals surface area (Å²) >= 11 is 0. The molecule has 0 saturated heterocycles. The highest BCUT2D eigenvalue weighted by atomic mass is 19.3. The molecule has 0 bridgehead atoms. The smallest absolute Gasteiger partial charge is 0.340 e. The molecule has 0 aliphatic carbocycles. The molecular formula is C17H17F4N3O2. The molecule has 1 heterocycles. The summed E-state index contributed by atoms with van der Waals surface area (Å²) in [6.07, 6.45) is -1.59. The highest BCUT2D eigenvalue weighted by Gasteiger charge is 2.41. The maximum Gasteiger partial charge on any atom is 0.340 e. The van der Waals surface area contributed by atoms with Gasteiger partial charge in [-0.1, -0.05) is 19.1 Å². The minimum absolute atomic E-state index is 0.0119. The number of nitrogens with one attached hydrogen (secondary N) is 1. The van der Waals surface area contributed by atoms with Crippen LogP contribution in [0.4, 0.5) is 23.4 Å². The van der Waals surface area contributed by atoms with Crippen LogP contribution < -0.4 is 10.1 Å². The number of benzene rings is 1. The molecule has 2 rings (SSSR count). The van der Waals surface area contributed by atoms with Gasteiger partial charge in [0.15, 0.2) is 6.61 Å². The third kappa shape index (κ3) is 5.68. The number of nitrogens with zero attached hydrogens (tertiary/aromatic N) is 2. The second-order valence-electron chi connectivity index (χ2n) is 5.43. The topological polar surface area (TPSA) is 64.1 Å². The van der Waals surface area contributed by atoms with E-state index in [9.17, 15) is 22.4 Å². The molecule has 1 N–H and O–H groups in total. The number of ether oxygens (including phenoxy) is 1. The molecular weight excluding hydrogens is 354 g/mol. The van der Waals surface area contributed by atoms with Gasteiger partial charge in [0, 0.05) is 12.6 Å². The number of alkyl halides is 4. The lowest BCUT2D eigenvalue weighted by Crippen LogP contribution is -2.33. The van der Waals surface area contributed by atoms with Crippen LogP contribution in [-0.2, 0) is 17.6 Å². The zero-order chi connectivity index (χ0) is 19.2. The van der Waals surface area contributed by atoms with Crippen LogP contribution in [0.1, 0.15) is 18.3 Å². The lowest BCUT2D eigenvalue weighted by atomic mass is 10.1. The third-order valence-corrected chi connectivity index (χ3v) is 3.33. The van der Waals surface area contributed by atoms with E-state index in [1.165, 1.54) is 24.3 Å². The zero-order valence-corrected chi connectivity index (χ0v) is 13.9.